The van der Waals surface area contributed by atoms with Crippen LogP contribution in [0.4, 0.5) is 0 Å². The van der Waals surface area contributed by atoms with E-state index in [0.29, 0.717) is 28.1 Å². The molecule has 0 spiro atoms. The maximum Gasteiger partial charge on any atom is 0.238 e. The van der Waals surface area contributed by atoms with Crippen molar-refractivity contribution in [1.82, 2.24) is 4.98 Å². The lowest BCUT2D eigenvalue weighted by atomic mass is 10.2. The smallest absolute Gasteiger partial charge is 0.238 e. The fourth-order valence-corrected chi connectivity index (χ4v) is 1.77. The lowest BCUT2D eigenvalue weighted by molar-refractivity contribution is 0.463. The summed E-state index contributed by atoms with van der Waals surface area (Å²) in [6, 6.07) is 10.8. The molecule has 0 N–H and O–H groups in total. The number of rotatable bonds is 3. The van der Waals surface area contributed by atoms with Crippen molar-refractivity contribution in [3.63, 3.8) is 0 Å². The highest BCUT2D eigenvalue weighted by Gasteiger charge is 2.05. The summed E-state index contributed by atoms with van der Waals surface area (Å²) < 4.78 is 5.51. The van der Waals surface area contributed by atoms with E-state index in [4.69, 9.17) is 33.2 Å². The van der Waals surface area contributed by atoms with E-state index in [1.54, 1.807) is 18.2 Å². The summed E-state index contributed by atoms with van der Waals surface area (Å²) in [4.78, 5) is 3.99. The van der Waals surface area contributed by atoms with Gasteiger partial charge in [-0.05, 0) is 23.8 Å². The van der Waals surface area contributed by atoms with Crippen molar-refractivity contribution in [2.24, 2.45) is 0 Å². The molecule has 2 rings (SSSR count). The number of pyridine rings is 1. The average molecular weight is 279 g/mol. The summed E-state index contributed by atoms with van der Waals surface area (Å²) >= 11 is 11.7. The van der Waals surface area contributed by atoms with Gasteiger partial charge in [0.15, 0.2) is 0 Å². The minimum absolute atomic E-state index is 0.300. The molecule has 0 atom stereocenters. The molecule has 5 heteroatoms. The van der Waals surface area contributed by atoms with Gasteiger partial charge < -0.3 is 4.74 Å². The van der Waals surface area contributed by atoms with Gasteiger partial charge in [-0.2, -0.15) is 5.26 Å². The van der Waals surface area contributed by atoms with Gasteiger partial charge in [0.2, 0.25) is 5.88 Å². The molecule has 0 saturated heterocycles. The summed E-state index contributed by atoms with van der Waals surface area (Å²) in [6.07, 6.45) is 1.84. The number of halogens is 2. The highest BCUT2D eigenvalue weighted by Crippen LogP contribution is 2.29. The first-order valence-corrected chi connectivity index (χ1v) is 5.89. The average Bonchev–Trinajstić information content (AvgIpc) is 2.35. The van der Waals surface area contributed by atoms with Gasteiger partial charge in [0.05, 0.1) is 17.5 Å². The molecule has 1 aromatic heterocycles. The Kier molecular flexibility index (Phi) is 4.03. The number of ether oxygens (including phenoxy) is 1. The van der Waals surface area contributed by atoms with Gasteiger partial charge in [-0.15, -0.1) is 0 Å². The molecule has 0 bridgehead atoms. The molecule has 0 saturated carbocycles. The second-order valence-corrected chi connectivity index (χ2v) is 4.37. The Labute approximate surface area is 115 Å². The van der Waals surface area contributed by atoms with Crippen LogP contribution in [-0.2, 0) is 6.42 Å². The lowest BCUT2D eigenvalue weighted by Gasteiger charge is -2.06. The SMILES string of the molecule is N#CCc1ccc(Oc2ncc(Cl)cc2Cl)cc1. The van der Waals surface area contributed by atoms with E-state index in [1.165, 1.54) is 6.20 Å². The van der Waals surface area contributed by atoms with Gasteiger partial charge in [0.25, 0.3) is 0 Å². The third-order valence-corrected chi connectivity index (χ3v) is 2.67. The Balaban J connectivity index is 2.16. The molecule has 0 aliphatic heterocycles. The maximum absolute atomic E-state index is 8.57. The summed E-state index contributed by atoms with van der Waals surface area (Å²) in [5.41, 5.74) is 0.931. The van der Waals surface area contributed by atoms with Crippen LogP contribution in [-0.4, -0.2) is 4.98 Å². The lowest BCUT2D eigenvalue weighted by Crippen LogP contribution is -1.89. The summed E-state index contributed by atoms with van der Waals surface area (Å²) in [5, 5.41) is 9.37. The highest BCUT2D eigenvalue weighted by atomic mass is 35.5. The molecule has 0 fully saturated rings. The highest BCUT2D eigenvalue weighted by molar-refractivity contribution is 6.35. The van der Waals surface area contributed by atoms with E-state index in [0.717, 1.165) is 5.56 Å². The van der Waals surface area contributed by atoms with Crippen molar-refractivity contribution in [3.8, 4) is 17.7 Å². The molecule has 0 aliphatic rings. The standard InChI is InChI=1S/C13H8Cl2N2O/c14-10-7-12(15)13(17-8-10)18-11-3-1-9(2-4-11)5-6-16/h1-4,7-8H,5H2. The number of hydrogen-bond donors (Lipinski definition) is 0. The molecule has 90 valence electrons. The van der Waals surface area contributed by atoms with E-state index in [2.05, 4.69) is 11.1 Å². The predicted octanol–water partition coefficient (Wildman–Crippen LogP) is 4.25. The zero-order valence-corrected chi connectivity index (χ0v) is 10.7. The van der Waals surface area contributed by atoms with Gasteiger partial charge in [-0.1, -0.05) is 35.3 Å². The fourth-order valence-electron chi connectivity index (χ4n) is 1.36. The zero-order chi connectivity index (χ0) is 13.0. The van der Waals surface area contributed by atoms with Crippen LogP contribution in [0.2, 0.25) is 10.0 Å². The Morgan fingerprint density at radius 2 is 1.94 bits per heavy atom. The minimum atomic E-state index is 0.300. The fraction of sp³-hybridized carbons (Fsp3) is 0.0769. The molecule has 0 radical (unpaired) electrons. The molecule has 0 unspecified atom stereocenters. The van der Waals surface area contributed by atoms with E-state index < -0.39 is 0 Å². The van der Waals surface area contributed by atoms with E-state index in [9.17, 15) is 0 Å². The Bertz CT molecular complexity index is 591. The molecule has 2 aromatic rings. The van der Waals surface area contributed by atoms with Gasteiger partial charge >= 0.3 is 0 Å². The summed E-state index contributed by atoms with van der Waals surface area (Å²) in [6.45, 7) is 0. The number of aromatic nitrogens is 1. The van der Waals surface area contributed by atoms with E-state index >= 15 is 0 Å². The Hall–Kier alpha value is -1.76. The van der Waals surface area contributed by atoms with E-state index in [1.807, 2.05) is 12.1 Å². The second kappa shape index (κ2) is 5.72. The second-order valence-electron chi connectivity index (χ2n) is 3.52. The zero-order valence-electron chi connectivity index (χ0n) is 9.23. The van der Waals surface area contributed by atoms with Crippen LogP contribution in [0.3, 0.4) is 0 Å². The molecule has 1 aromatic carbocycles. The van der Waals surface area contributed by atoms with Crippen molar-refractivity contribution >= 4 is 23.2 Å². The topological polar surface area (TPSA) is 45.9 Å². The number of hydrogen-bond acceptors (Lipinski definition) is 3. The molecule has 3 nitrogen and oxygen atoms in total. The quantitative estimate of drug-likeness (QED) is 0.843. The normalized spacial score (nSPS) is 9.83. The van der Waals surface area contributed by atoms with Gasteiger partial charge in [0.1, 0.15) is 10.8 Å². The predicted molar refractivity (Wildman–Crippen MR) is 70.1 cm³/mol. The van der Waals surface area contributed by atoms with Crippen LogP contribution in [0.1, 0.15) is 5.56 Å². The molecule has 1 heterocycles. The van der Waals surface area contributed by atoms with Crippen LogP contribution < -0.4 is 4.74 Å². The third-order valence-electron chi connectivity index (χ3n) is 2.20. The van der Waals surface area contributed by atoms with Crippen LogP contribution >= 0.6 is 23.2 Å². The Morgan fingerprint density at radius 3 is 2.56 bits per heavy atom. The first-order chi connectivity index (χ1) is 8.69. The van der Waals surface area contributed by atoms with Crippen LogP contribution in [0.15, 0.2) is 36.5 Å². The van der Waals surface area contributed by atoms with Crippen molar-refractivity contribution in [2.45, 2.75) is 6.42 Å². The van der Waals surface area contributed by atoms with Crippen molar-refractivity contribution in [3.05, 3.63) is 52.1 Å². The number of nitriles is 1. The van der Waals surface area contributed by atoms with Crippen LogP contribution in [0, 0.1) is 11.3 Å². The van der Waals surface area contributed by atoms with Crippen molar-refractivity contribution in [1.29, 1.82) is 5.26 Å². The summed E-state index contributed by atoms with van der Waals surface area (Å²) in [7, 11) is 0. The largest absolute Gasteiger partial charge is 0.438 e. The van der Waals surface area contributed by atoms with Crippen molar-refractivity contribution < 1.29 is 4.74 Å². The molecular formula is C13H8Cl2N2O. The van der Waals surface area contributed by atoms with Gasteiger partial charge in [0, 0.05) is 6.20 Å². The molecular weight excluding hydrogens is 271 g/mol. The molecule has 0 aliphatic carbocycles. The summed E-state index contributed by atoms with van der Waals surface area (Å²) in [5.74, 6) is 0.905. The Morgan fingerprint density at radius 1 is 1.22 bits per heavy atom. The van der Waals surface area contributed by atoms with Crippen LogP contribution in [0.25, 0.3) is 0 Å². The monoisotopic (exact) mass is 278 g/mol. The first-order valence-electron chi connectivity index (χ1n) is 5.14. The minimum Gasteiger partial charge on any atom is -0.438 e. The number of benzene rings is 1. The van der Waals surface area contributed by atoms with E-state index in [-0.39, 0.29) is 0 Å². The maximum atomic E-state index is 8.57. The first kappa shape index (κ1) is 12.7. The van der Waals surface area contributed by atoms with Crippen LogP contribution in [0.5, 0.6) is 11.6 Å². The molecule has 0 amide bonds. The van der Waals surface area contributed by atoms with Gasteiger partial charge in [-0.25, -0.2) is 4.98 Å². The molecule has 18 heavy (non-hydrogen) atoms. The van der Waals surface area contributed by atoms with Gasteiger partial charge in [-0.3, -0.25) is 0 Å². The van der Waals surface area contributed by atoms with Crippen molar-refractivity contribution in [2.75, 3.05) is 0 Å². The number of nitrogens with zero attached hydrogens (tertiary/aromatic N) is 2. The third kappa shape index (κ3) is 3.13.